The predicted molar refractivity (Wildman–Crippen MR) is 99.7 cm³/mol. The number of esters is 1. The van der Waals surface area contributed by atoms with Crippen molar-refractivity contribution in [3.8, 4) is 5.75 Å². The maximum absolute atomic E-state index is 12.0. The average molecular weight is 330 g/mol. The van der Waals surface area contributed by atoms with Crippen LogP contribution in [0.3, 0.4) is 0 Å². The summed E-state index contributed by atoms with van der Waals surface area (Å²) in [5.41, 5.74) is 1.58. The van der Waals surface area contributed by atoms with Crippen molar-refractivity contribution in [2.75, 3.05) is 0 Å². The van der Waals surface area contributed by atoms with Gasteiger partial charge in [0.1, 0.15) is 5.75 Å². The average Bonchev–Trinajstić information content (AvgIpc) is 2.66. The molecule has 0 aliphatic carbocycles. The minimum absolute atomic E-state index is 0.0636. The standard InChI is InChI=1S/C22H18O3/c1-2-21(23)18-10-13-19(14-11-18)25-22(24)15-12-17-8-5-7-16-6-3-4-9-20(16)17/h3-15H,2H2,1H3. The van der Waals surface area contributed by atoms with E-state index in [0.29, 0.717) is 17.7 Å². The van der Waals surface area contributed by atoms with Crippen LogP contribution < -0.4 is 4.74 Å². The van der Waals surface area contributed by atoms with Gasteiger partial charge in [-0.3, -0.25) is 4.79 Å². The lowest BCUT2D eigenvalue weighted by molar-refractivity contribution is -0.128. The largest absolute Gasteiger partial charge is 0.423 e. The van der Waals surface area contributed by atoms with E-state index in [9.17, 15) is 9.59 Å². The molecule has 0 bridgehead atoms. The van der Waals surface area contributed by atoms with Crippen LogP contribution in [0, 0.1) is 0 Å². The molecule has 3 heteroatoms. The van der Waals surface area contributed by atoms with Gasteiger partial charge in [0.25, 0.3) is 0 Å². The van der Waals surface area contributed by atoms with Crippen molar-refractivity contribution in [2.45, 2.75) is 13.3 Å². The Morgan fingerprint density at radius 2 is 1.64 bits per heavy atom. The van der Waals surface area contributed by atoms with E-state index in [1.807, 2.05) is 49.4 Å². The van der Waals surface area contributed by atoms with E-state index >= 15 is 0 Å². The van der Waals surface area contributed by atoms with E-state index in [4.69, 9.17) is 4.74 Å². The Balaban J connectivity index is 1.71. The summed E-state index contributed by atoms with van der Waals surface area (Å²) < 4.78 is 5.28. The van der Waals surface area contributed by atoms with Crippen LogP contribution in [-0.4, -0.2) is 11.8 Å². The molecule has 0 radical (unpaired) electrons. The molecule has 3 nitrogen and oxygen atoms in total. The Labute approximate surface area is 146 Å². The summed E-state index contributed by atoms with van der Waals surface area (Å²) >= 11 is 0. The van der Waals surface area contributed by atoms with Crippen LogP contribution in [0.15, 0.2) is 72.8 Å². The summed E-state index contributed by atoms with van der Waals surface area (Å²) in [7, 11) is 0. The van der Waals surface area contributed by atoms with Crippen LogP contribution in [0.4, 0.5) is 0 Å². The van der Waals surface area contributed by atoms with Gasteiger partial charge in [-0.1, -0.05) is 49.4 Å². The van der Waals surface area contributed by atoms with Crippen LogP contribution in [0.1, 0.15) is 29.3 Å². The Hall–Kier alpha value is -3.20. The fourth-order valence-corrected chi connectivity index (χ4v) is 2.62. The molecular formula is C22H18O3. The zero-order valence-corrected chi connectivity index (χ0v) is 13.9. The van der Waals surface area contributed by atoms with E-state index in [2.05, 4.69) is 0 Å². The van der Waals surface area contributed by atoms with Crippen LogP contribution >= 0.6 is 0 Å². The molecule has 25 heavy (non-hydrogen) atoms. The van der Waals surface area contributed by atoms with Crippen molar-refractivity contribution in [3.63, 3.8) is 0 Å². The zero-order valence-electron chi connectivity index (χ0n) is 13.9. The first-order chi connectivity index (χ1) is 12.2. The highest BCUT2D eigenvalue weighted by molar-refractivity contribution is 5.96. The van der Waals surface area contributed by atoms with E-state index in [-0.39, 0.29) is 5.78 Å². The van der Waals surface area contributed by atoms with Gasteiger partial charge < -0.3 is 4.74 Å². The molecular weight excluding hydrogens is 312 g/mol. The van der Waals surface area contributed by atoms with Crippen molar-refractivity contribution < 1.29 is 14.3 Å². The van der Waals surface area contributed by atoms with Crippen LogP contribution in [-0.2, 0) is 4.79 Å². The molecule has 0 saturated heterocycles. The highest BCUT2D eigenvalue weighted by Crippen LogP contribution is 2.20. The Kier molecular flexibility index (Phi) is 5.05. The second kappa shape index (κ2) is 7.58. The summed E-state index contributed by atoms with van der Waals surface area (Å²) in [6, 6.07) is 20.5. The fourth-order valence-electron chi connectivity index (χ4n) is 2.62. The Morgan fingerprint density at radius 3 is 2.40 bits per heavy atom. The maximum Gasteiger partial charge on any atom is 0.336 e. The summed E-state index contributed by atoms with van der Waals surface area (Å²) in [5, 5.41) is 2.20. The van der Waals surface area contributed by atoms with Crippen LogP contribution in [0.25, 0.3) is 16.8 Å². The quantitative estimate of drug-likeness (QED) is 0.284. The third kappa shape index (κ3) is 4.01. The van der Waals surface area contributed by atoms with Gasteiger partial charge in [0, 0.05) is 18.1 Å². The minimum Gasteiger partial charge on any atom is -0.423 e. The topological polar surface area (TPSA) is 43.4 Å². The summed E-state index contributed by atoms with van der Waals surface area (Å²) in [6.45, 7) is 1.81. The molecule has 3 aromatic rings. The number of ketones is 1. The summed E-state index contributed by atoms with van der Waals surface area (Å²) in [4.78, 5) is 23.6. The minimum atomic E-state index is -0.456. The number of hydrogen-bond donors (Lipinski definition) is 0. The van der Waals surface area contributed by atoms with Crippen molar-refractivity contribution >= 4 is 28.6 Å². The molecule has 0 atom stereocenters. The molecule has 0 saturated carbocycles. The molecule has 3 aromatic carbocycles. The number of carbonyl (C=O) groups excluding carboxylic acids is 2. The lowest BCUT2D eigenvalue weighted by atomic mass is 10.0. The second-order valence-corrected chi connectivity index (χ2v) is 5.62. The first-order valence-corrected chi connectivity index (χ1v) is 8.18. The molecule has 3 rings (SSSR count). The van der Waals surface area contributed by atoms with E-state index < -0.39 is 5.97 Å². The van der Waals surface area contributed by atoms with Gasteiger partial charge >= 0.3 is 5.97 Å². The van der Waals surface area contributed by atoms with Crippen molar-refractivity contribution in [1.29, 1.82) is 0 Å². The number of fused-ring (bicyclic) bond motifs is 1. The summed E-state index contributed by atoms with van der Waals surface area (Å²) in [6.07, 6.45) is 3.61. The highest BCUT2D eigenvalue weighted by atomic mass is 16.5. The lowest BCUT2D eigenvalue weighted by Gasteiger charge is -2.03. The van der Waals surface area contributed by atoms with Gasteiger partial charge in [-0.05, 0) is 46.7 Å². The number of Topliss-reactive ketones (excluding diaryl/α,β-unsaturated/α-hetero) is 1. The monoisotopic (exact) mass is 330 g/mol. The normalized spacial score (nSPS) is 10.9. The molecule has 0 aliphatic rings. The van der Waals surface area contributed by atoms with Gasteiger partial charge in [0.15, 0.2) is 5.78 Å². The molecule has 0 heterocycles. The number of benzene rings is 3. The second-order valence-electron chi connectivity index (χ2n) is 5.62. The molecule has 0 N–H and O–H groups in total. The van der Waals surface area contributed by atoms with E-state index in [0.717, 1.165) is 16.3 Å². The van der Waals surface area contributed by atoms with Gasteiger partial charge in [-0.2, -0.15) is 0 Å². The fraction of sp³-hybridized carbons (Fsp3) is 0.0909. The molecule has 124 valence electrons. The third-order valence-corrected chi connectivity index (χ3v) is 3.94. The number of ether oxygens (including phenoxy) is 1. The van der Waals surface area contributed by atoms with Gasteiger partial charge in [-0.15, -0.1) is 0 Å². The van der Waals surface area contributed by atoms with E-state index in [1.165, 1.54) is 6.08 Å². The van der Waals surface area contributed by atoms with Gasteiger partial charge in [0.2, 0.25) is 0 Å². The lowest BCUT2D eigenvalue weighted by Crippen LogP contribution is -2.04. The molecule has 0 fully saturated rings. The van der Waals surface area contributed by atoms with E-state index in [1.54, 1.807) is 30.3 Å². The van der Waals surface area contributed by atoms with Crippen molar-refractivity contribution in [2.24, 2.45) is 0 Å². The third-order valence-electron chi connectivity index (χ3n) is 3.94. The molecule has 0 aliphatic heterocycles. The predicted octanol–water partition coefficient (Wildman–Crippen LogP) is 5.05. The summed E-state index contributed by atoms with van der Waals surface area (Å²) in [5.74, 6) is 0.0245. The smallest absolute Gasteiger partial charge is 0.336 e. The van der Waals surface area contributed by atoms with Gasteiger partial charge in [-0.25, -0.2) is 4.79 Å². The number of rotatable bonds is 5. The number of hydrogen-bond acceptors (Lipinski definition) is 3. The maximum atomic E-state index is 12.0. The molecule has 0 amide bonds. The van der Waals surface area contributed by atoms with Crippen LogP contribution in [0.2, 0.25) is 0 Å². The first kappa shape index (κ1) is 16.7. The SMILES string of the molecule is CCC(=O)c1ccc(OC(=O)C=Cc2cccc3ccccc23)cc1. The molecule has 0 unspecified atom stereocenters. The Bertz CT molecular complexity index is 932. The zero-order chi connectivity index (χ0) is 17.6. The molecule has 0 aromatic heterocycles. The first-order valence-electron chi connectivity index (χ1n) is 8.18. The Morgan fingerprint density at radius 1 is 0.920 bits per heavy atom. The van der Waals surface area contributed by atoms with Crippen molar-refractivity contribution in [3.05, 3.63) is 83.9 Å². The van der Waals surface area contributed by atoms with Gasteiger partial charge in [0.05, 0.1) is 0 Å². The number of carbonyl (C=O) groups is 2. The molecule has 0 spiro atoms. The van der Waals surface area contributed by atoms with Crippen molar-refractivity contribution in [1.82, 2.24) is 0 Å². The highest BCUT2D eigenvalue weighted by Gasteiger charge is 2.05. The van der Waals surface area contributed by atoms with Crippen LogP contribution in [0.5, 0.6) is 5.75 Å².